The normalized spacial score (nSPS) is 16.8. The van der Waals surface area contributed by atoms with Gasteiger partial charge in [0.05, 0.1) is 5.60 Å². The van der Waals surface area contributed by atoms with Gasteiger partial charge in [-0.25, -0.2) is 0 Å². The van der Waals surface area contributed by atoms with Gasteiger partial charge in [0.1, 0.15) is 0 Å². The van der Waals surface area contributed by atoms with Crippen LogP contribution in [0.4, 0.5) is 0 Å². The lowest BCUT2D eigenvalue weighted by Crippen LogP contribution is -2.46. The summed E-state index contributed by atoms with van der Waals surface area (Å²) in [4.78, 5) is 2.36. The number of likely N-dealkylation sites (N-methyl/N-ethyl adjacent to an activating group) is 1. The molecule has 0 spiro atoms. The number of hydrogen-bond donors (Lipinski definition) is 1. The molecule has 3 nitrogen and oxygen atoms in total. The molecule has 0 rings (SSSR count). The molecule has 0 saturated carbocycles. The molecular formula is C12H28N2O. The summed E-state index contributed by atoms with van der Waals surface area (Å²) in [7, 11) is 3.91. The summed E-state index contributed by atoms with van der Waals surface area (Å²) >= 11 is 0. The van der Waals surface area contributed by atoms with Gasteiger partial charge >= 0.3 is 0 Å². The highest BCUT2D eigenvalue weighted by molar-refractivity contribution is 4.81. The fourth-order valence-electron chi connectivity index (χ4n) is 1.69. The largest absolute Gasteiger partial charge is 0.379 e. The molecule has 0 aromatic rings. The summed E-state index contributed by atoms with van der Waals surface area (Å²) in [5.41, 5.74) is 5.74. The first kappa shape index (κ1) is 14.9. The highest BCUT2D eigenvalue weighted by Crippen LogP contribution is 2.19. The minimum atomic E-state index is -0.0915. The molecule has 0 radical (unpaired) electrons. The second kappa shape index (κ2) is 6.46. The average molecular weight is 216 g/mol. The van der Waals surface area contributed by atoms with Crippen LogP contribution in [0, 0.1) is 0 Å². The second-order valence-electron chi connectivity index (χ2n) is 4.98. The van der Waals surface area contributed by atoms with E-state index in [9.17, 15) is 0 Å². The standard InChI is InChI=1S/C12H28N2O/c1-7-10(2)14(5)11(9-13)8-12(3,4)15-6/h10-11H,7-9,13H2,1-6H3. The van der Waals surface area contributed by atoms with Crippen molar-refractivity contribution in [2.24, 2.45) is 5.73 Å². The molecule has 0 saturated heterocycles. The molecule has 92 valence electrons. The number of rotatable bonds is 7. The third-order valence-electron chi connectivity index (χ3n) is 3.41. The molecule has 0 aromatic carbocycles. The Bertz CT molecular complexity index is 171. The first-order chi connectivity index (χ1) is 6.87. The number of nitrogens with zero attached hydrogens (tertiary/aromatic N) is 1. The molecule has 2 atom stereocenters. The Kier molecular flexibility index (Phi) is 6.41. The molecule has 2 unspecified atom stereocenters. The van der Waals surface area contributed by atoms with Gasteiger partial charge in [0.25, 0.3) is 0 Å². The van der Waals surface area contributed by atoms with E-state index in [4.69, 9.17) is 10.5 Å². The van der Waals surface area contributed by atoms with Gasteiger partial charge in [0.15, 0.2) is 0 Å². The fourth-order valence-corrected chi connectivity index (χ4v) is 1.69. The van der Waals surface area contributed by atoms with Crippen molar-refractivity contribution in [2.75, 3.05) is 20.7 Å². The lowest BCUT2D eigenvalue weighted by molar-refractivity contribution is -0.00886. The second-order valence-corrected chi connectivity index (χ2v) is 4.98. The smallest absolute Gasteiger partial charge is 0.0638 e. The third-order valence-corrected chi connectivity index (χ3v) is 3.41. The quantitative estimate of drug-likeness (QED) is 0.706. The number of nitrogens with two attached hydrogens (primary N) is 1. The van der Waals surface area contributed by atoms with Crippen LogP contribution in [-0.4, -0.2) is 43.3 Å². The summed E-state index contributed by atoms with van der Waals surface area (Å²) in [5, 5.41) is 0. The van der Waals surface area contributed by atoms with Gasteiger partial charge in [0.2, 0.25) is 0 Å². The Hall–Kier alpha value is -0.120. The summed E-state index contributed by atoms with van der Waals surface area (Å²) < 4.78 is 5.45. The zero-order chi connectivity index (χ0) is 12.1. The average Bonchev–Trinajstić information content (AvgIpc) is 2.23. The first-order valence-electron chi connectivity index (χ1n) is 5.85. The van der Waals surface area contributed by atoms with E-state index in [0.29, 0.717) is 18.6 Å². The number of ether oxygens (including phenoxy) is 1. The van der Waals surface area contributed by atoms with Crippen molar-refractivity contribution in [3.05, 3.63) is 0 Å². The molecule has 0 fully saturated rings. The van der Waals surface area contributed by atoms with Gasteiger partial charge in [-0.05, 0) is 40.7 Å². The van der Waals surface area contributed by atoms with Gasteiger partial charge < -0.3 is 10.5 Å². The number of methoxy groups -OCH3 is 1. The van der Waals surface area contributed by atoms with Crippen LogP contribution in [0.3, 0.4) is 0 Å². The molecule has 0 bridgehead atoms. The Morgan fingerprint density at radius 2 is 1.93 bits per heavy atom. The zero-order valence-electron chi connectivity index (χ0n) is 11.2. The highest BCUT2D eigenvalue weighted by atomic mass is 16.5. The summed E-state index contributed by atoms with van der Waals surface area (Å²) in [6.45, 7) is 9.35. The lowest BCUT2D eigenvalue weighted by Gasteiger charge is -2.36. The van der Waals surface area contributed by atoms with Crippen molar-refractivity contribution in [1.29, 1.82) is 0 Å². The van der Waals surface area contributed by atoms with Gasteiger partial charge in [-0.1, -0.05) is 6.92 Å². The predicted octanol–water partition coefficient (Wildman–Crippen LogP) is 1.86. The first-order valence-corrected chi connectivity index (χ1v) is 5.85. The van der Waals surface area contributed by atoms with Crippen molar-refractivity contribution in [3.63, 3.8) is 0 Å². The molecule has 0 aliphatic carbocycles. The fraction of sp³-hybridized carbons (Fsp3) is 1.00. The molecule has 0 aromatic heterocycles. The van der Waals surface area contributed by atoms with Crippen LogP contribution in [-0.2, 0) is 4.74 Å². The van der Waals surface area contributed by atoms with Crippen molar-refractivity contribution >= 4 is 0 Å². The zero-order valence-corrected chi connectivity index (χ0v) is 11.2. The Labute approximate surface area is 95.0 Å². The molecule has 15 heavy (non-hydrogen) atoms. The maximum Gasteiger partial charge on any atom is 0.0638 e. The van der Waals surface area contributed by atoms with Crippen LogP contribution in [0.15, 0.2) is 0 Å². The van der Waals surface area contributed by atoms with E-state index in [1.165, 1.54) is 0 Å². The number of hydrogen-bond acceptors (Lipinski definition) is 3. The summed E-state index contributed by atoms with van der Waals surface area (Å²) in [5.74, 6) is 0. The minimum absolute atomic E-state index is 0.0915. The van der Waals surface area contributed by atoms with E-state index in [2.05, 4.69) is 39.6 Å². The van der Waals surface area contributed by atoms with Crippen molar-refractivity contribution < 1.29 is 4.74 Å². The molecule has 0 aliphatic heterocycles. The van der Waals surface area contributed by atoms with Gasteiger partial charge in [-0.3, -0.25) is 4.90 Å². The molecule has 0 aliphatic rings. The van der Waals surface area contributed by atoms with Crippen LogP contribution >= 0.6 is 0 Å². The molecule has 0 heterocycles. The van der Waals surface area contributed by atoms with Crippen LogP contribution in [0.1, 0.15) is 40.5 Å². The van der Waals surface area contributed by atoms with E-state index < -0.39 is 0 Å². The SMILES string of the molecule is CCC(C)N(C)C(CN)CC(C)(C)OC. The lowest BCUT2D eigenvalue weighted by atomic mass is 9.97. The maximum absolute atomic E-state index is 5.83. The van der Waals surface area contributed by atoms with E-state index >= 15 is 0 Å². The van der Waals surface area contributed by atoms with Crippen molar-refractivity contribution in [1.82, 2.24) is 4.90 Å². The van der Waals surface area contributed by atoms with Crippen molar-refractivity contribution in [3.8, 4) is 0 Å². The van der Waals surface area contributed by atoms with E-state index in [1.54, 1.807) is 7.11 Å². The summed E-state index contributed by atoms with van der Waals surface area (Å²) in [6.07, 6.45) is 2.13. The topological polar surface area (TPSA) is 38.5 Å². The van der Waals surface area contributed by atoms with Gasteiger partial charge in [-0.2, -0.15) is 0 Å². The van der Waals surface area contributed by atoms with Crippen LogP contribution < -0.4 is 5.73 Å². The Morgan fingerprint density at radius 3 is 2.27 bits per heavy atom. The van der Waals surface area contributed by atoms with E-state index in [0.717, 1.165) is 12.8 Å². The van der Waals surface area contributed by atoms with Crippen LogP contribution in [0.2, 0.25) is 0 Å². The molecular weight excluding hydrogens is 188 g/mol. The Morgan fingerprint density at radius 1 is 1.40 bits per heavy atom. The third kappa shape index (κ3) is 4.96. The van der Waals surface area contributed by atoms with Gasteiger partial charge in [-0.15, -0.1) is 0 Å². The van der Waals surface area contributed by atoms with E-state index in [1.807, 2.05) is 0 Å². The predicted molar refractivity (Wildman–Crippen MR) is 66.1 cm³/mol. The highest BCUT2D eigenvalue weighted by Gasteiger charge is 2.26. The van der Waals surface area contributed by atoms with Crippen LogP contribution in [0.25, 0.3) is 0 Å². The van der Waals surface area contributed by atoms with Gasteiger partial charge in [0, 0.05) is 25.7 Å². The molecule has 2 N–H and O–H groups in total. The summed E-state index contributed by atoms with van der Waals surface area (Å²) in [6, 6.07) is 0.973. The monoisotopic (exact) mass is 216 g/mol. The van der Waals surface area contributed by atoms with Crippen molar-refractivity contribution in [2.45, 2.75) is 58.2 Å². The Balaban J connectivity index is 4.36. The van der Waals surface area contributed by atoms with E-state index in [-0.39, 0.29) is 5.60 Å². The molecule has 3 heteroatoms. The minimum Gasteiger partial charge on any atom is -0.379 e. The maximum atomic E-state index is 5.83. The van der Waals surface area contributed by atoms with Crippen LogP contribution in [0.5, 0.6) is 0 Å². The molecule has 0 amide bonds.